The summed E-state index contributed by atoms with van der Waals surface area (Å²) in [5, 5.41) is 16.9. The van der Waals surface area contributed by atoms with Crippen LogP contribution in [0.25, 0.3) is 11.8 Å². The predicted octanol–water partition coefficient (Wildman–Crippen LogP) is 6.07. The number of hydrazone groups is 1. The summed E-state index contributed by atoms with van der Waals surface area (Å²) >= 11 is 1.50. The first-order valence-electron chi connectivity index (χ1n) is 12.8. The minimum absolute atomic E-state index is 0.0767. The molecule has 2 aromatic rings. The van der Waals surface area contributed by atoms with Gasteiger partial charge in [-0.15, -0.1) is 0 Å². The molecule has 36 heavy (non-hydrogen) atoms. The number of hydrogen-bond acceptors (Lipinski definition) is 4. The second-order valence-corrected chi connectivity index (χ2v) is 12.2. The first kappa shape index (κ1) is 22.2. The molecule has 8 heteroatoms. The third-order valence-electron chi connectivity index (χ3n) is 8.78. The van der Waals surface area contributed by atoms with Crippen molar-refractivity contribution in [2.75, 3.05) is 0 Å². The Hall–Kier alpha value is -3.00. The van der Waals surface area contributed by atoms with Gasteiger partial charge in [0.05, 0.1) is 5.57 Å². The van der Waals surface area contributed by atoms with Crippen molar-refractivity contribution in [3.8, 4) is 5.69 Å². The average Bonchev–Trinajstić information content (AvgIpc) is 3.37. The topological polar surface area (TPSA) is 73.8 Å². The van der Waals surface area contributed by atoms with Gasteiger partial charge in [-0.25, -0.2) is 4.39 Å². The van der Waals surface area contributed by atoms with E-state index in [-0.39, 0.29) is 22.6 Å². The third kappa shape index (κ3) is 3.30. The molecule has 6 nitrogen and oxygen atoms in total. The molecule has 6 aliphatic rings. The molecule has 1 N–H and O–H groups in total. The standard InChI is InChI=1S/C28H28FN5OS/c1-15-6-20(16(2)33(15)22-5-3-4-21(29)11-22)10-23-24(30)34-27(31-25(23)35)36-26(32-34)28-12-17-7-18(13-28)9-19(8-17)14-28/h3-6,10-11,17-19,30H,7-9,12-14H2,1-2H3/b23-10-,30-24?. The second kappa shape index (κ2) is 7.75. The minimum atomic E-state index is -0.406. The van der Waals surface area contributed by atoms with Crippen molar-refractivity contribution in [3.05, 3.63) is 58.7 Å². The molecule has 0 spiro atoms. The zero-order valence-electron chi connectivity index (χ0n) is 20.4. The Morgan fingerprint density at radius 2 is 1.81 bits per heavy atom. The number of hydrogen-bond donors (Lipinski definition) is 1. The molecule has 2 aliphatic heterocycles. The van der Waals surface area contributed by atoms with Crippen LogP contribution in [0.1, 0.15) is 55.5 Å². The quantitative estimate of drug-likeness (QED) is 0.519. The lowest BCUT2D eigenvalue weighted by atomic mass is 9.50. The maximum atomic E-state index is 13.9. The molecule has 0 unspecified atom stereocenters. The first-order chi connectivity index (χ1) is 17.3. The molecule has 8 rings (SSSR count). The lowest BCUT2D eigenvalue weighted by molar-refractivity contribution is -0.114. The molecule has 1 amide bonds. The normalized spacial score (nSPS) is 31.8. The van der Waals surface area contributed by atoms with E-state index >= 15 is 0 Å². The molecule has 0 saturated heterocycles. The Labute approximate surface area is 213 Å². The van der Waals surface area contributed by atoms with Crippen LogP contribution in [0.4, 0.5) is 4.39 Å². The lowest BCUT2D eigenvalue weighted by Crippen LogP contribution is -2.49. The summed E-state index contributed by atoms with van der Waals surface area (Å²) in [6, 6.07) is 8.40. The fourth-order valence-corrected chi connectivity index (χ4v) is 8.79. The molecule has 4 saturated carbocycles. The van der Waals surface area contributed by atoms with E-state index in [0.717, 1.165) is 45.4 Å². The largest absolute Gasteiger partial charge is 0.318 e. The Morgan fingerprint density at radius 3 is 2.47 bits per heavy atom. The van der Waals surface area contributed by atoms with Gasteiger partial charge in [-0.1, -0.05) is 6.07 Å². The molecule has 0 atom stereocenters. The van der Waals surface area contributed by atoms with Crippen molar-refractivity contribution >= 4 is 39.8 Å². The Kier molecular flexibility index (Phi) is 4.78. The number of fused-ring (bicyclic) bond motifs is 1. The SMILES string of the molecule is Cc1cc(/C=C2/C(=N)N3N=C(C45CC6CC(CC(C6)C4)C5)SC3=NC2=O)c(C)n1-c1cccc(F)c1. The predicted molar refractivity (Wildman–Crippen MR) is 141 cm³/mol. The van der Waals surface area contributed by atoms with Crippen LogP contribution < -0.4 is 0 Å². The van der Waals surface area contributed by atoms with Gasteiger partial charge in [-0.2, -0.15) is 15.1 Å². The van der Waals surface area contributed by atoms with Gasteiger partial charge in [-0.05, 0) is 118 Å². The van der Waals surface area contributed by atoms with Gasteiger partial charge in [-0.3, -0.25) is 10.2 Å². The van der Waals surface area contributed by atoms with E-state index < -0.39 is 5.91 Å². The Balaban J connectivity index is 1.22. The Bertz CT molecular complexity index is 1400. The highest BCUT2D eigenvalue weighted by atomic mass is 32.2. The van der Waals surface area contributed by atoms with Crippen LogP contribution in [-0.2, 0) is 4.79 Å². The van der Waals surface area contributed by atoms with E-state index in [1.54, 1.807) is 17.2 Å². The molecule has 4 bridgehead atoms. The zero-order chi connectivity index (χ0) is 24.8. The number of benzene rings is 1. The van der Waals surface area contributed by atoms with Crippen LogP contribution >= 0.6 is 11.8 Å². The van der Waals surface area contributed by atoms with Gasteiger partial charge < -0.3 is 4.57 Å². The number of carbonyl (C=O) groups is 1. The number of rotatable bonds is 3. The number of aromatic nitrogens is 1. The van der Waals surface area contributed by atoms with E-state index in [2.05, 4.69) is 4.99 Å². The highest BCUT2D eigenvalue weighted by molar-refractivity contribution is 8.27. The zero-order valence-corrected chi connectivity index (χ0v) is 21.2. The number of nitrogens with zero attached hydrogens (tertiary/aromatic N) is 4. The fourth-order valence-electron chi connectivity index (χ4n) is 7.68. The highest BCUT2D eigenvalue weighted by Crippen LogP contribution is 2.62. The van der Waals surface area contributed by atoms with Crippen molar-refractivity contribution in [2.45, 2.75) is 52.4 Å². The number of aliphatic imine (C=N–C) groups is 1. The molecular formula is C28H28FN5OS. The molecule has 0 radical (unpaired) electrons. The molecule has 1 aromatic carbocycles. The van der Waals surface area contributed by atoms with Gasteiger partial charge in [0, 0.05) is 22.5 Å². The number of amides is 1. The molecule has 3 heterocycles. The minimum Gasteiger partial charge on any atom is -0.318 e. The number of aryl methyl sites for hydroxylation is 1. The van der Waals surface area contributed by atoms with Crippen molar-refractivity contribution in [1.29, 1.82) is 5.41 Å². The monoisotopic (exact) mass is 501 g/mol. The summed E-state index contributed by atoms with van der Waals surface area (Å²) in [7, 11) is 0. The van der Waals surface area contributed by atoms with Crippen LogP contribution in [0.3, 0.4) is 0 Å². The number of nitrogens with one attached hydrogen (secondary N) is 1. The number of amidine groups is 2. The van der Waals surface area contributed by atoms with E-state index in [1.165, 1.54) is 62.4 Å². The summed E-state index contributed by atoms with van der Waals surface area (Å²) in [5.41, 5.74) is 3.65. The molecule has 1 aromatic heterocycles. The molecular weight excluding hydrogens is 473 g/mol. The smallest absolute Gasteiger partial charge is 0.283 e. The summed E-state index contributed by atoms with van der Waals surface area (Å²) in [5.74, 6) is 1.76. The van der Waals surface area contributed by atoms with Crippen molar-refractivity contribution in [3.63, 3.8) is 0 Å². The van der Waals surface area contributed by atoms with Crippen LogP contribution in [0.15, 0.2) is 46.0 Å². The molecule has 4 aliphatic carbocycles. The van der Waals surface area contributed by atoms with E-state index in [9.17, 15) is 9.18 Å². The van der Waals surface area contributed by atoms with Gasteiger partial charge in [0.1, 0.15) is 10.9 Å². The van der Waals surface area contributed by atoms with E-state index in [1.807, 2.05) is 30.5 Å². The van der Waals surface area contributed by atoms with Gasteiger partial charge in [0.15, 0.2) is 5.84 Å². The lowest BCUT2D eigenvalue weighted by Gasteiger charge is -2.56. The highest BCUT2D eigenvalue weighted by Gasteiger charge is 2.55. The van der Waals surface area contributed by atoms with E-state index in [0.29, 0.717) is 5.17 Å². The van der Waals surface area contributed by atoms with Crippen LogP contribution in [0.5, 0.6) is 0 Å². The number of carbonyl (C=O) groups excluding carboxylic acids is 1. The summed E-state index contributed by atoms with van der Waals surface area (Å²) in [6.07, 6.45) is 9.35. The maximum absolute atomic E-state index is 13.9. The van der Waals surface area contributed by atoms with Gasteiger partial charge in [0.2, 0.25) is 5.17 Å². The summed E-state index contributed by atoms with van der Waals surface area (Å²) in [6.45, 7) is 3.88. The van der Waals surface area contributed by atoms with Crippen LogP contribution in [0.2, 0.25) is 0 Å². The van der Waals surface area contributed by atoms with Crippen molar-refractivity contribution in [1.82, 2.24) is 9.58 Å². The van der Waals surface area contributed by atoms with Crippen molar-refractivity contribution in [2.24, 2.45) is 33.3 Å². The van der Waals surface area contributed by atoms with Gasteiger partial charge >= 0.3 is 0 Å². The summed E-state index contributed by atoms with van der Waals surface area (Å²) in [4.78, 5) is 17.4. The second-order valence-electron chi connectivity index (χ2n) is 11.3. The number of halogens is 1. The molecule has 184 valence electrons. The Morgan fingerprint density at radius 1 is 1.11 bits per heavy atom. The average molecular weight is 502 g/mol. The third-order valence-corrected chi connectivity index (χ3v) is 9.94. The van der Waals surface area contributed by atoms with Crippen LogP contribution in [-0.4, -0.2) is 31.5 Å². The fraction of sp³-hybridized carbons (Fsp3) is 0.429. The molecule has 4 fully saturated rings. The van der Waals surface area contributed by atoms with E-state index in [4.69, 9.17) is 10.5 Å². The maximum Gasteiger partial charge on any atom is 0.283 e. The van der Waals surface area contributed by atoms with Crippen LogP contribution in [0, 0.1) is 48.2 Å². The van der Waals surface area contributed by atoms with Gasteiger partial charge in [0.25, 0.3) is 5.91 Å². The first-order valence-corrected chi connectivity index (χ1v) is 13.6. The number of thioether (sulfide) groups is 1. The summed E-state index contributed by atoms with van der Waals surface area (Å²) < 4.78 is 15.8. The van der Waals surface area contributed by atoms with Crippen molar-refractivity contribution < 1.29 is 9.18 Å².